The number of carbonyl (C=O) groups is 1. The van der Waals surface area contributed by atoms with Crippen LogP contribution in [0.15, 0.2) is 54.6 Å². The van der Waals surface area contributed by atoms with Crippen LogP contribution >= 0.6 is 0 Å². The van der Waals surface area contributed by atoms with E-state index in [0.29, 0.717) is 12.2 Å². The van der Waals surface area contributed by atoms with Crippen LogP contribution in [0.3, 0.4) is 0 Å². The summed E-state index contributed by atoms with van der Waals surface area (Å²) in [5.41, 5.74) is 1.94. The summed E-state index contributed by atoms with van der Waals surface area (Å²) in [6.07, 6.45) is 0.866. The number of benzene rings is 2. The van der Waals surface area contributed by atoms with Crippen LogP contribution in [0.4, 0.5) is 0 Å². The number of ketones is 1. The van der Waals surface area contributed by atoms with Gasteiger partial charge in [-0.2, -0.15) is 0 Å². The molecular weight excluding hydrogens is 224 g/mol. The van der Waals surface area contributed by atoms with Gasteiger partial charge in [-0.25, -0.2) is 0 Å². The van der Waals surface area contributed by atoms with Crippen molar-refractivity contribution < 1.29 is 9.53 Å². The average molecular weight is 240 g/mol. The van der Waals surface area contributed by atoms with Gasteiger partial charge >= 0.3 is 0 Å². The normalized spacial score (nSPS) is 10.1. The van der Waals surface area contributed by atoms with Crippen LogP contribution in [0, 0.1) is 0 Å². The van der Waals surface area contributed by atoms with Crippen molar-refractivity contribution in [2.24, 2.45) is 0 Å². The molecule has 2 aromatic carbocycles. The summed E-state index contributed by atoms with van der Waals surface area (Å²) in [4.78, 5) is 11.2. The molecule has 0 aliphatic rings. The van der Waals surface area contributed by atoms with Crippen LogP contribution < -0.4 is 4.74 Å². The van der Waals surface area contributed by atoms with Crippen molar-refractivity contribution in [2.45, 2.75) is 13.3 Å². The highest BCUT2D eigenvalue weighted by molar-refractivity contribution is 5.94. The first kappa shape index (κ1) is 12.4. The quantitative estimate of drug-likeness (QED) is 0.747. The van der Waals surface area contributed by atoms with E-state index in [-0.39, 0.29) is 5.78 Å². The molecule has 0 bridgehead atoms. The second kappa shape index (κ2) is 6.01. The lowest BCUT2D eigenvalue weighted by molar-refractivity contribution is 0.101. The van der Waals surface area contributed by atoms with E-state index in [1.54, 1.807) is 19.1 Å². The predicted molar refractivity (Wildman–Crippen MR) is 72.1 cm³/mol. The summed E-state index contributed by atoms with van der Waals surface area (Å²) in [5, 5.41) is 0. The average Bonchev–Trinajstić information content (AvgIpc) is 2.40. The maximum atomic E-state index is 11.2. The maximum Gasteiger partial charge on any atom is 0.159 e. The van der Waals surface area contributed by atoms with E-state index in [2.05, 4.69) is 12.1 Å². The van der Waals surface area contributed by atoms with Gasteiger partial charge in [0.05, 0.1) is 6.61 Å². The van der Waals surface area contributed by atoms with Crippen molar-refractivity contribution >= 4 is 5.78 Å². The van der Waals surface area contributed by atoms with E-state index >= 15 is 0 Å². The molecule has 0 fully saturated rings. The predicted octanol–water partition coefficient (Wildman–Crippen LogP) is 3.51. The van der Waals surface area contributed by atoms with Crippen molar-refractivity contribution in [2.75, 3.05) is 6.61 Å². The van der Waals surface area contributed by atoms with Gasteiger partial charge in [0.15, 0.2) is 5.78 Å². The molecule has 0 saturated carbocycles. The van der Waals surface area contributed by atoms with Crippen molar-refractivity contribution in [1.29, 1.82) is 0 Å². The molecule has 0 unspecified atom stereocenters. The largest absolute Gasteiger partial charge is 0.493 e. The minimum absolute atomic E-state index is 0.0588. The van der Waals surface area contributed by atoms with Crippen LogP contribution in [-0.2, 0) is 6.42 Å². The number of Topliss-reactive ketones (excluding diaryl/α,β-unsaturated/α-hetero) is 1. The van der Waals surface area contributed by atoms with Gasteiger partial charge in [-0.05, 0) is 24.6 Å². The first-order valence-corrected chi connectivity index (χ1v) is 6.03. The number of hydrogen-bond acceptors (Lipinski definition) is 2. The minimum Gasteiger partial charge on any atom is -0.493 e. The number of ether oxygens (including phenoxy) is 1. The first-order valence-electron chi connectivity index (χ1n) is 6.03. The zero-order valence-electron chi connectivity index (χ0n) is 10.4. The van der Waals surface area contributed by atoms with Gasteiger partial charge in [-0.3, -0.25) is 4.79 Å². The van der Waals surface area contributed by atoms with Crippen LogP contribution in [0.1, 0.15) is 22.8 Å². The Morgan fingerprint density at radius 2 is 1.83 bits per heavy atom. The first-order chi connectivity index (χ1) is 8.75. The second-order valence-corrected chi connectivity index (χ2v) is 4.17. The fourth-order valence-corrected chi connectivity index (χ4v) is 1.74. The molecule has 92 valence electrons. The summed E-state index contributed by atoms with van der Waals surface area (Å²) in [5.74, 6) is 0.808. The zero-order chi connectivity index (χ0) is 12.8. The second-order valence-electron chi connectivity index (χ2n) is 4.17. The molecular formula is C16H16O2. The summed E-state index contributed by atoms with van der Waals surface area (Å²) in [6, 6.07) is 17.5. The van der Waals surface area contributed by atoms with Crippen LogP contribution in [0.25, 0.3) is 0 Å². The van der Waals surface area contributed by atoms with Crippen molar-refractivity contribution in [3.8, 4) is 5.75 Å². The SMILES string of the molecule is CC(=O)c1cccc(OCCc2ccccc2)c1. The summed E-state index contributed by atoms with van der Waals surface area (Å²) in [7, 11) is 0. The molecule has 0 N–H and O–H groups in total. The zero-order valence-corrected chi connectivity index (χ0v) is 10.4. The number of carbonyl (C=O) groups excluding carboxylic acids is 1. The molecule has 0 spiro atoms. The molecule has 0 aromatic heterocycles. The number of hydrogen-bond donors (Lipinski definition) is 0. The van der Waals surface area contributed by atoms with Gasteiger partial charge in [0.1, 0.15) is 5.75 Å². The highest BCUT2D eigenvalue weighted by Gasteiger charge is 2.01. The van der Waals surface area contributed by atoms with E-state index < -0.39 is 0 Å². The summed E-state index contributed by atoms with van der Waals surface area (Å²) in [6.45, 7) is 2.18. The molecule has 0 amide bonds. The van der Waals surface area contributed by atoms with Crippen molar-refractivity contribution in [3.63, 3.8) is 0 Å². The highest BCUT2D eigenvalue weighted by Crippen LogP contribution is 2.14. The Morgan fingerprint density at radius 1 is 1.06 bits per heavy atom. The molecule has 2 aromatic rings. The Bertz CT molecular complexity index is 518. The van der Waals surface area contributed by atoms with Gasteiger partial charge < -0.3 is 4.74 Å². The fraction of sp³-hybridized carbons (Fsp3) is 0.188. The third-order valence-electron chi connectivity index (χ3n) is 2.74. The standard InChI is InChI=1S/C16H16O2/c1-13(17)15-8-5-9-16(12-15)18-11-10-14-6-3-2-4-7-14/h2-9,12H,10-11H2,1H3. The Kier molecular flexibility index (Phi) is 4.13. The van der Waals surface area contributed by atoms with Gasteiger partial charge in [0.25, 0.3) is 0 Å². The molecule has 0 saturated heterocycles. The Morgan fingerprint density at radius 3 is 2.56 bits per heavy atom. The maximum absolute atomic E-state index is 11.2. The molecule has 0 aliphatic carbocycles. The monoisotopic (exact) mass is 240 g/mol. The molecule has 0 atom stereocenters. The third kappa shape index (κ3) is 3.45. The molecule has 2 rings (SSSR count). The van der Waals surface area contributed by atoms with Crippen LogP contribution in [-0.4, -0.2) is 12.4 Å². The van der Waals surface area contributed by atoms with E-state index in [1.807, 2.05) is 30.3 Å². The lowest BCUT2D eigenvalue weighted by Gasteiger charge is -2.07. The highest BCUT2D eigenvalue weighted by atomic mass is 16.5. The van der Waals surface area contributed by atoms with Gasteiger partial charge in [-0.1, -0.05) is 42.5 Å². The van der Waals surface area contributed by atoms with Crippen LogP contribution in [0.2, 0.25) is 0 Å². The molecule has 2 nitrogen and oxygen atoms in total. The van der Waals surface area contributed by atoms with Crippen molar-refractivity contribution in [1.82, 2.24) is 0 Å². The summed E-state index contributed by atoms with van der Waals surface area (Å²) < 4.78 is 5.65. The fourth-order valence-electron chi connectivity index (χ4n) is 1.74. The van der Waals surface area contributed by atoms with Gasteiger partial charge in [0, 0.05) is 12.0 Å². The van der Waals surface area contributed by atoms with Gasteiger partial charge in [-0.15, -0.1) is 0 Å². The molecule has 0 aliphatic heterocycles. The molecule has 0 heterocycles. The van der Waals surface area contributed by atoms with E-state index in [9.17, 15) is 4.79 Å². The van der Waals surface area contributed by atoms with E-state index in [4.69, 9.17) is 4.74 Å². The Hall–Kier alpha value is -2.09. The van der Waals surface area contributed by atoms with Gasteiger partial charge in [0.2, 0.25) is 0 Å². The lowest BCUT2D eigenvalue weighted by Crippen LogP contribution is -2.02. The minimum atomic E-state index is 0.0588. The molecule has 2 heteroatoms. The third-order valence-corrected chi connectivity index (χ3v) is 2.74. The topological polar surface area (TPSA) is 26.3 Å². The molecule has 18 heavy (non-hydrogen) atoms. The summed E-state index contributed by atoms with van der Waals surface area (Å²) >= 11 is 0. The van der Waals surface area contributed by atoms with Crippen LogP contribution in [0.5, 0.6) is 5.75 Å². The van der Waals surface area contributed by atoms with E-state index in [1.165, 1.54) is 5.56 Å². The van der Waals surface area contributed by atoms with E-state index in [0.717, 1.165) is 12.2 Å². The lowest BCUT2D eigenvalue weighted by atomic mass is 10.1. The van der Waals surface area contributed by atoms with Crippen molar-refractivity contribution in [3.05, 3.63) is 65.7 Å². The Labute approximate surface area is 107 Å². The Balaban J connectivity index is 1.90. The number of rotatable bonds is 5. The smallest absolute Gasteiger partial charge is 0.159 e. The molecule has 0 radical (unpaired) electrons.